The fraction of sp³-hybridized carbons (Fsp3) is 0.167. The van der Waals surface area contributed by atoms with Crippen LogP contribution in [0, 0.1) is 0 Å². The predicted molar refractivity (Wildman–Crippen MR) is 69.2 cm³/mol. The maximum Gasteiger partial charge on any atom is 0.261 e. The lowest BCUT2D eigenvalue weighted by Crippen LogP contribution is -2.28. The normalized spacial score (nSPS) is 12.6. The van der Waals surface area contributed by atoms with Gasteiger partial charge in [0.25, 0.3) is 11.3 Å². The molecule has 0 saturated carbocycles. The standard InChI is InChI=1S/C12H13NO3S/c14-9-8-13(17(15)16)12-7-3-5-10-4-1-2-6-11(10)12/h1-7,14H,8-9H2,(H,15,16). The van der Waals surface area contributed by atoms with Crippen LogP contribution in [0.2, 0.25) is 0 Å². The van der Waals surface area contributed by atoms with E-state index in [0.717, 1.165) is 10.8 Å². The Bertz CT molecular complexity index is 539. The molecule has 0 bridgehead atoms. The lowest BCUT2D eigenvalue weighted by molar-refractivity contribution is 0.306. The second-order valence-corrected chi connectivity index (χ2v) is 4.46. The molecule has 2 aromatic carbocycles. The first kappa shape index (κ1) is 12.0. The van der Waals surface area contributed by atoms with Gasteiger partial charge in [-0.3, -0.25) is 8.86 Å². The van der Waals surface area contributed by atoms with Gasteiger partial charge in [-0.2, -0.15) is 0 Å². The van der Waals surface area contributed by atoms with E-state index in [-0.39, 0.29) is 13.2 Å². The summed E-state index contributed by atoms with van der Waals surface area (Å²) in [7, 11) is 0. The summed E-state index contributed by atoms with van der Waals surface area (Å²) in [5.41, 5.74) is 0.651. The molecule has 0 saturated heterocycles. The van der Waals surface area contributed by atoms with E-state index in [4.69, 9.17) is 5.11 Å². The van der Waals surface area contributed by atoms with Crippen LogP contribution in [0.5, 0.6) is 0 Å². The molecule has 0 radical (unpaired) electrons. The quantitative estimate of drug-likeness (QED) is 0.814. The number of hydrogen-bond donors (Lipinski definition) is 2. The second-order valence-electron chi connectivity index (χ2n) is 3.55. The van der Waals surface area contributed by atoms with Crippen LogP contribution in [0.3, 0.4) is 0 Å². The molecule has 1 atom stereocenters. The lowest BCUT2D eigenvalue weighted by atomic mass is 10.1. The van der Waals surface area contributed by atoms with Crippen LogP contribution < -0.4 is 4.31 Å². The highest BCUT2D eigenvalue weighted by Gasteiger charge is 2.13. The fourth-order valence-electron chi connectivity index (χ4n) is 1.80. The van der Waals surface area contributed by atoms with Gasteiger partial charge in [0, 0.05) is 5.39 Å². The topological polar surface area (TPSA) is 60.8 Å². The highest BCUT2D eigenvalue weighted by atomic mass is 32.2. The van der Waals surface area contributed by atoms with E-state index in [1.165, 1.54) is 4.31 Å². The van der Waals surface area contributed by atoms with E-state index in [1.54, 1.807) is 6.07 Å². The number of anilines is 1. The average Bonchev–Trinajstić information content (AvgIpc) is 2.35. The number of benzene rings is 2. The number of fused-ring (bicyclic) bond motifs is 1. The molecule has 17 heavy (non-hydrogen) atoms. The highest BCUT2D eigenvalue weighted by molar-refractivity contribution is 7.80. The SMILES string of the molecule is O=S(O)N(CCO)c1cccc2ccccc12. The summed E-state index contributed by atoms with van der Waals surface area (Å²) >= 11 is -2.14. The van der Waals surface area contributed by atoms with E-state index in [0.29, 0.717) is 5.69 Å². The molecule has 0 heterocycles. The van der Waals surface area contributed by atoms with Crippen molar-refractivity contribution < 1.29 is 13.9 Å². The van der Waals surface area contributed by atoms with E-state index in [1.807, 2.05) is 36.4 Å². The summed E-state index contributed by atoms with van der Waals surface area (Å²) in [5, 5.41) is 10.8. The third-order valence-corrected chi connectivity index (χ3v) is 3.28. The minimum absolute atomic E-state index is 0.122. The van der Waals surface area contributed by atoms with Gasteiger partial charge >= 0.3 is 0 Å². The van der Waals surface area contributed by atoms with E-state index >= 15 is 0 Å². The summed E-state index contributed by atoms with van der Waals surface area (Å²) in [6.07, 6.45) is 0. The van der Waals surface area contributed by atoms with Gasteiger partial charge in [-0.15, -0.1) is 0 Å². The van der Waals surface area contributed by atoms with Crippen molar-refractivity contribution in [3.63, 3.8) is 0 Å². The van der Waals surface area contributed by atoms with Crippen LogP contribution in [0.25, 0.3) is 10.8 Å². The maximum atomic E-state index is 11.3. The van der Waals surface area contributed by atoms with Gasteiger partial charge < -0.3 is 5.11 Å². The maximum absolute atomic E-state index is 11.3. The number of rotatable bonds is 4. The molecule has 4 nitrogen and oxygen atoms in total. The Hall–Kier alpha value is -1.43. The largest absolute Gasteiger partial charge is 0.394 e. The van der Waals surface area contributed by atoms with Crippen LogP contribution in [-0.4, -0.2) is 27.0 Å². The van der Waals surface area contributed by atoms with E-state index in [2.05, 4.69) is 0 Å². The van der Waals surface area contributed by atoms with Gasteiger partial charge in [-0.05, 0) is 11.5 Å². The predicted octanol–water partition coefficient (Wildman–Crippen LogP) is 1.78. The first-order valence-electron chi connectivity index (χ1n) is 5.21. The van der Waals surface area contributed by atoms with Gasteiger partial charge in [-0.1, -0.05) is 36.4 Å². The van der Waals surface area contributed by atoms with E-state index < -0.39 is 11.3 Å². The van der Waals surface area contributed by atoms with Crippen molar-refractivity contribution >= 4 is 27.7 Å². The minimum atomic E-state index is -2.14. The fourth-order valence-corrected chi connectivity index (χ4v) is 2.36. The van der Waals surface area contributed by atoms with E-state index in [9.17, 15) is 8.76 Å². The molecule has 2 N–H and O–H groups in total. The first-order valence-corrected chi connectivity index (χ1v) is 6.27. The summed E-state index contributed by atoms with van der Waals surface area (Å²) < 4.78 is 21.8. The molecular weight excluding hydrogens is 238 g/mol. The Balaban J connectivity index is 2.56. The second kappa shape index (κ2) is 5.27. The molecule has 0 amide bonds. The van der Waals surface area contributed by atoms with Crippen molar-refractivity contribution in [1.82, 2.24) is 0 Å². The zero-order valence-corrected chi connectivity index (χ0v) is 9.93. The van der Waals surface area contributed by atoms with Gasteiger partial charge in [0.1, 0.15) is 0 Å². The Morgan fingerprint density at radius 1 is 1.12 bits per heavy atom. The number of aliphatic hydroxyl groups excluding tert-OH is 1. The molecule has 0 aliphatic rings. The molecule has 2 rings (SSSR count). The number of hydrogen-bond acceptors (Lipinski definition) is 2. The third kappa shape index (κ3) is 2.46. The lowest BCUT2D eigenvalue weighted by Gasteiger charge is -2.20. The summed E-state index contributed by atoms with van der Waals surface area (Å²) in [4.78, 5) is 0. The molecule has 90 valence electrons. The van der Waals surface area contributed by atoms with Gasteiger partial charge in [0.05, 0.1) is 18.8 Å². The highest BCUT2D eigenvalue weighted by Crippen LogP contribution is 2.27. The van der Waals surface area contributed by atoms with Crippen LogP contribution >= 0.6 is 0 Å². The summed E-state index contributed by atoms with van der Waals surface area (Å²) in [6, 6.07) is 13.2. The molecule has 0 spiro atoms. The van der Waals surface area contributed by atoms with Crippen LogP contribution in [0.4, 0.5) is 5.69 Å². The molecule has 2 aromatic rings. The average molecular weight is 251 g/mol. The Labute approximate surface area is 102 Å². The molecule has 0 aliphatic carbocycles. The zero-order valence-electron chi connectivity index (χ0n) is 9.11. The monoisotopic (exact) mass is 251 g/mol. The number of nitrogens with zero attached hydrogens (tertiary/aromatic N) is 1. The summed E-state index contributed by atoms with van der Waals surface area (Å²) in [5.74, 6) is 0. The van der Waals surface area contributed by atoms with Crippen molar-refractivity contribution in [3.05, 3.63) is 42.5 Å². The van der Waals surface area contributed by atoms with Crippen LogP contribution in [0.1, 0.15) is 0 Å². The third-order valence-electron chi connectivity index (χ3n) is 2.53. The molecule has 0 fully saturated rings. The van der Waals surface area contributed by atoms with Crippen molar-refractivity contribution in [2.45, 2.75) is 0 Å². The Kier molecular flexibility index (Phi) is 3.73. The van der Waals surface area contributed by atoms with Crippen molar-refractivity contribution in [1.29, 1.82) is 0 Å². The Morgan fingerprint density at radius 2 is 1.82 bits per heavy atom. The zero-order chi connectivity index (χ0) is 12.3. The first-order chi connectivity index (χ1) is 8.24. The Morgan fingerprint density at radius 3 is 2.53 bits per heavy atom. The molecule has 0 aliphatic heterocycles. The van der Waals surface area contributed by atoms with Crippen molar-refractivity contribution in [2.24, 2.45) is 0 Å². The smallest absolute Gasteiger partial charge is 0.261 e. The van der Waals surface area contributed by atoms with Crippen molar-refractivity contribution in [3.8, 4) is 0 Å². The van der Waals surface area contributed by atoms with Gasteiger partial charge in [0.15, 0.2) is 0 Å². The molecule has 0 aromatic heterocycles. The molecule has 5 heteroatoms. The van der Waals surface area contributed by atoms with Crippen LogP contribution in [0.15, 0.2) is 42.5 Å². The minimum Gasteiger partial charge on any atom is -0.394 e. The number of aliphatic hydroxyl groups is 1. The molecular formula is C12H13NO3S. The van der Waals surface area contributed by atoms with Crippen LogP contribution in [-0.2, 0) is 11.3 Å². The summed E-state index contributed by atoms with van der Waals surface area (Å²) in [6.45, 7) is -0.0490. The van der Waals surface area contributed by atoms with Crippen molar-refractivity contribution in [2.75, 3.05) is 17.5 Å². The van der Waals surface area contributed by atoms with Gasteiger partial charge in [-0.25, -0.2) is 4.21 Å². The molecule has 1 unspecified atom stereocenters. The van der Waals surface area contributed by atoms with Gasteiger partial charge in [0.2, 0.25) is 0 Å².